The topological polar surface area (TPSA) is 59.1 Å². The molecule has 1 aromatic carbocycles. The van der Waals surface area contributed by atoms with Gasteiger partial charge in [-0.3, -0.25) is 0 Å². The second-order valence-electron chi connectivity index (χ2n) is 6.39. The molecule has 0 radical (unpaired) electrons. The van der Waals surface area contributed by atoms with Gasteiger partial charge in [-0.1, -0.05) is 24.4 Å². The van der Waals surface area contributed by atoms with E-state index in [2.05, 4.69) is 16.0 Å². The van der Waals surface area contributed by atoms with Crippen molar-refractivity contribution in [1.82, 2.24) is 9.80 Å². The highest BCUT2D eigenvalue weighted by Gasteiger charge is 2.20. The summed E-state index contributed by atoms with van der Waals surface area (Å²) in [5, 5.41) is 0. The van der Waals surface area contributed by atoms with Crippen molar-refractivity contribution in [3.63, 3.8) is 0 Å². The summed E-state index contributed by atoms with van der Waals surface area (Å²) >= 11 is 5.78. The maximum Gasteiger partial charge on any atom is 0.175 e. The molecule has 0 aromatic heterocycles. The summed E-state index contributed by atoms with van der Waals surface area (Å²) in [5.74, 6) is 0. The lowest BCUT2D eigenvalue weighted by Gasteiger charge is -2.32. The maximum atomic E-state index is 11.7. The quantitative estimate of drug-likeness (QED) is 0.564. The van der Waals surface area contributed by atoms with Crippen LogP contribution >= 0.6 is 12.2 Å². The molecule has 1 aromatic rings. The first kappa shape index (κ1) is 19.3. The monoisotopic (exact) mass is 396 g/mol. The van der Waals surface area contributed by atoms with Crippen molar-refractivity contribution < 1.29 is 17.9 Å². The molecule has 2 aliphatic heterocycles. The lowest BCUT2D eigenvalue weighted by atomic mass is 10.1. The van der Waals surface area contributed by atoms with Gasteiger partial charge >= 0.3 is 0 Å². The fourth-order valence-electron chi connectivity index (χ4n) is 2.96. The number of hydrogen-bond acceptors (Lipinski definition) is 6. The van der Waals surface area contributed by atoms with E-state index in [9.17, 15) is 8.42 Å². The zero-order valence-electron chi connectivity index (χ0n) is 14.9. The van der Waals surface area contributed by atoms with Crippen LogP contribution in [0.1, 0.15) is 5.56 Å². The van der Waals surface area contributed by atoms with Crippen LogP contribution in [0.15, 0.2) is 35.4 Å². The van der Waals surface area contributed by atoms with E-state index in [1.54, 1.807) is 12.1 Å². The molecule has 0 spiro atoms. The standard InChI is InChI=1S/C18H24N2O4S2/c1-26(21,22)16-4-2-15(3-5-16)17(14-19-6-10-23-11-7-19)18(25)20-8-12-24-13-9-20/h2-5,14H,6-13H2,1H3/b17-14-. The van der Waals surface area contributed by atoms with Gasteiger partial charge in [-0.15, -0.1) is 0 Å². The van der Waals surface area contributed by atoms with Gasteiger partial charge < -0.3 is 19.3 Å². The Labute approximate surface area is 160 Å². The molecule has 0 amide bonds. The first-order chi connectivity index (χ1) is 12.4. The average Bonchev–Trinajstić information content (AvgIpc) is 2.66. The molecule has 0 atom stereocenters. The Balaban J connectivity index is 1.91. The summed E-state index contributed by atoms with van der Waals surface area (Å²) in [7, 11) is -3.22. The van der Waals surface area contributed by atoms with Gasteiger partial charge in [0.15, 0.2) is 9.84 Å². The molecule has 6 nitrogen and oxygen atoms in total. The summed E-state index contributed by atoms with van der Waals surface area (Å²) in [6.45, 7) is 5.88. The van der Waals surface area contributed by atoms with Crippen LogP contribution in [-0.2, 0) is 19.3 Å². The molecule has 2 saturated heterocycles. The Kier molecular flexibility index (Phi) is 6.29. The molecule has 2 aliphatic rings. The Morgan fingerprint density at radius 3 is 2.08 bits per heavy atom. The van der Waals surface area contributed by atoms with Crippen LogP contribution in [0, 0.1) is 0 Å². The minimum Gasteiger partial charge on any atom is -0.378 e. The van der Waals surface area contributed by atoms with Gasteiger partial charge in [0.05, 0.1) is 31.3 Å². The van der Waals surface area contributed by atoms with Crippen molar-refractivity contribution in [3.05, 3.63) is 36.0 Å². The number of thiocarbonyl (C=S) groups is 1. The molecule has 3 rings (SSSR count). The summed E-state index contributed by atoms with van der Waals surface area (Å²) in [6.07, 6.45) is 3.29. The number of rotatable bonds is 4. The third-order valence-electron chi connectivity index (χ3n) is 4.48. The Morgan fingerprint density at radius 1 is 1.00 bits per heavy atom. The zero-order valence-corrected chi connectivity index (χ0v) is 16.5. The smallest absolute Gasteiger partial charge is 0.175 e. The van der Waals surface area contributed by atoms with Crippen LogP contribution < -0.4 is 0 Å². The molecule has 142 valence electrons. The van der Waals surface area contributed by atoms with Crippen LogP contribution in [0.25, 0.3) is 5.57 Å². The normalized spacial score (nSPS) is 19.5. The van der Waals surface area contributed by atoms with Gasteiger partial charge in [0.25, 0.3) is 0 Å². The third kappa shape index (κ3) is 4.82. The van der Waals surface area contributed by atoms with Crippen LogP contribution in [0.4, 0.5) is 0 Å². The predicted octanol–water partition coefficient (Wildman–Crippen LogP) is 1.42. The summed E-state index contributed by atoms with van der Waals surface area (Å²) in [4.78, 5) is 5.43. The Bertz CT molecular complexity index is 763. The maximum absolute atomic E-state index is 11.7. The van der Waals surface area contributed by atoms with E-state index in [0.29, 0.717) is 31.3 Å². The average molecular weight is 397 g/mol. The number of nitrogens with zero attached hydrogens (tertiary/aromatic N) is 2. The number of hydrogen-bond donors (Lipinski definition) is 0. The Morgan fingerprint density at radius 2 is 1.54 bits per heavy atom. The molecule has 0 unspecified atom stereocenters. The van der Waals surface area contributed by atoms with Crippen LogP contribution in [-0.4, -0.2) is 82.1 Å². The lowest BCUT2D eigenvalue weighted by Crippen LogP contribution is -2.41. The second kappa shape index (κ2) is 8.47. The number of ether oxygens (including phenoxy) is 2. The molecule has 26 heavy (non-hydrogen) atoms. The lowest BCUT2D eigenvalue weighted by molar-refractivity contribution is 0.0595. The van der Waals surface area contributed by atoms with Crippen molar-refractivity contribution in [2.75, 3.05) is 58.9 Å². The summed E-state index contributed by atoms with van der Waals surface area (Å²) in [5.41, 5.74) is 1.85. The highest BCUT2D eigenvalue weighted by molar-refractivity contribution is 7.90. The first-order valence-corrected chi connectivity index (χ1v) is 11.0. The van der Waals surface area contributed by atoms with E-state index in [1.165, 1.54) is 6.26 Å². The molecular weight excluding hydrogens is 372 g/mol. The van der Waals surface area contributed by atoms with Crippen molar-refractivity contribution in [2.45, 2.75) is 4.90 Å². The third-order valence-corrected chi connectivity index (χ3v) is 6.09. The second-order valence-corrected chi connectivity index (χ2v) is 8.79. The van der Waals surface area contributed by atoms with Gasteiger partial charge in [0, 0.05) is 44.2 Å². The molecule has 2 heterocycles. The van der Waals surface area contributed by atoms with Crippen molar-refractivity contribution in [1.29, 1.82) is 0 Å². The van der Waals surface area contributed by atoms with Gasteiger partial charge in [-0.25, -0.2) is 8.42 Å². The fourth-order valence-corrected chi connectivity index (χ4v) is 3.94. The van der Waals surface area contributed by atoms with Crippen LogP contribution in [0.3, 0.4) is 0 Å². The van der Waals surface area contributed by atoms with Crippen LogP contribution in [0.5, 0.6) is 0 Å². The SMILES string of the molecule is CS(=O)(=O)c1ccc(/C(=C/N2CCOCC2)C(=S)N2CCOCC2)cc1. The van der Waals surface area contributed by atoms with E-state index in [0.717, 1.165) is 42.3 Å². The van der Waals surface area contributed by atoms with Gasteiger partial charge in [0.1, 0.15) is 4.99 Å². The largest absolute Gasteiger partial charge is 0.378 e. The van der Waals surface area contributed by atoms with Gasteiger partial charge in [0.2, 0.25) is 0 Å². The number of morpholine rings is 2. The summed E-state index contributed by atoms with van der Waals surface area (Å²) < 4.78 is 34.3. The predicted molar refractivity (Wildman–Crippen MR) is 105 cm³/mol. The van der Waals surface area contributed by atoms with E-state index in [1.807, 2.05) is 12.1 Å². The highest BCUT2D eigenvalue weighted by atomic mass is 32.2. The molecular formula is C18H24N2O4S2. The molecule has 2 fully saturated rings. The van der Waals surface area contributed by atoms with E-state index < -0.39 is 9.84 Å². The minimum absolute atomic E-state index is 0.310. The molecule has 0 saturated carbocycles. The van der Waals surface area contributed by atoms with E-state index in [-0.39, 0.29) is 0 Å². The van der Waals surface area contributed by atoms with Crippen molar-refractivity contribution in [2.24, 2.45) is 0 Å². The summed E-state index contributed by atoms with van der Waals surface area (Å²) in [6, 6.07) is 6.93. The Hall–Kier alpha value is -1.48. The number of benzene rings is 1. The number of sulfone groups is 1. The van der Waals surface area contributed by atoms with E-state index in [4.69, 9.17) is 21.7 Å². The highest BCUT2D eigenvalue weighted by Crippen LogP contribution is 2.23. The fraction of sp³-hybridized carbons (Fsp3) is 0.500. The van der Waals surface area contributed by atoms with E-state index >= 15 is 0 Å². The van der Waals surface area contributed by atoms with Gasteiger partial charge in [-0.05, 0) is 17.7 Å². The van der Waals surface area contributed by atoms with Crippen LogP contribution in [0.2, 0.25) is 0 Å². The molecule has 0 N–H and O–H groups in total. The minimum atomic E-state index is -3.22. The van der Waals surface area contributed by atoms with Crippen molar-refractivity contribution in [3.8, 4) is 0 Å². The molecule has 0 bridgehead atoms. The first-order valence-electron chi connectivity index (χ1n) is 8.66. The van der Waals surface area contributed by atoms with Crippen molar-refractivity contribution >= 4 is 32.6 Å². The molecule has 8 heteroatoms. The zero-order chi connectivity index (χ0) is 18.6. The van der Waals surface area contributed by atoms with Gasteiger partial charge in [-0.2, -0.15) is 0 Å². The molecule has 0 aliphatic carbocycles.